The molecule has 1 fully saturated rings. The Morgan fingerprint density at radius 2 is 2.19 bits per heavy atom. The second kappa shape index (κ2) is 7.61. The highest BCUT2D eigenvalue weighted by Gasteiger charge is 2.31. The van der Waals surface area contributed by atoms with Crippen molar-refractivity contribution >= 4 is 11.8 Å². The molecule has 0 bridgehead atoms. The molecular weight excluding hydrogens is 286 g/mol. The van der Waals surface area contributed by atoms with Crippen molar-refractivity contribution in [2.45, 2.75) is 63.0 Å². The molecule has 0 amide bonds. The minimum absolute atomic E-state index is 0.172. The van der Waals surface area contributed by atoms with Crippen molar-refractivity contribution in [3.05, 3.63) is 11.7 Å². The van der Waals surface area contributed by atoms with Crippen molar-refractivity contribution in [1.82, 2.24) is 15.5 Å². The molecule has 1 aliphatic heterocycles. The van der Waals surface area contributed by atoms with E-state index in [2.05, 4.69) is 43.2 Å². The Balaban J connectivity index is 1.97. The maximum atomic E-state index is 5.60. The van der Waals surface area contributed by atoms with Crippen LogP contribution in [0.4, 0.5) is 0 Å². The number of nitrogens with zero attached hydrogens (tertiary/aromatic N) is 2. The first-order valence-corrected chi connectivity index (χ1v) is 8.75. The van der Waals surface area contributed by atoms with E-state index < -0.39 is 0 Å². The van der Waals surface area contributed by atoms with Gasteiger partial charge in [-0.05, 0) is 19.4 Å². The zero-order valence-corrected chi connectivity index (χ0v) is 14.3. The summed E-state index contributed by atoms with van der Waals surface area (Å²) < 4.78 is 11.3. The highest BCUT2D eigenvalue weighted by Crippen LogP contribution is 2.28. The largest absolute Gasteiger partial charge is 0.381 e. The fraction of sp³-hybridized carbons (Fsp3) is 0.867. The first-order valence-electron chi connectivity index (χ1n) is 7.77. The summed E-state index contributed by atoms with van der Waals surface area (Å²) in [5, 5.41) is 7.69. The van der Waals surface area contributed by atoms with Gasteiger partial charge in [-0.25, -0.2) is 0 Å². The highest BCUT2D eigenvalue weighted by molar-refractivity contribution is 7.99. The number of hydrogen-bond acceptors (Lipinski definition) is 6. The Morgan fingerprint density at radius 3 is 2.90 bits per heavy atom. The molecule has 1 aromatic heterocycles. The first kappa shape index (κ1) is 16.8. The van der Waals surface area contributed by atoms with Gasteiger partial charge in [-0.3, -0.25) is 0 Å². The molecule has 2 unspecified atom stereocenters. The zero-order valence-electron chi connectivity index (χ0n) is 13.5. The number of hydrogen-bond donors (Lipinski definition) is 1. The van der Waals surface area contributed by atoms with Gasteiger partial charge < -0.3 is 14.6 Å². The fourth-order valence-corrected chi connectivity index (χ4v) is 2.99. The monoisotopic (exact) mass is 313 g/mol. The Bertz CT molecular complexity index is 431. The van der Waals surface area contributed by atoms with Crippen LogP contribution in [0.15, 0.2) is 4.52 Å². The van der Waals surface area contributed by atoms with Crippen LogP contribution in [0, 0.1) is 0 Å². The molecule has 21 heavy (non-hydrogen) atoms. The Hall–Kier alpha value is -0.590. The Labute approximate surface area is 131 Å². The van der Waals surface area contributed by atoms with Crippen molar-refractivity contribution in [1.29, 1.82) is 0 Å². The van der Waals surface area contributed by atoms with Crippen LogP contribution >= 0.6 is 11.8 Å². The number of aromatic nitrogens is 2. The van der Waals surface area contributed by atoms with E-state index in [0.29, 0.717) is 18.5 Å². The van der Waals surface area contributed by atoms with Crippen molar-refractivity contribution in [3.8, 4) is 0 Å². The topological polar surface area (TPSA) is 60.2 Å². The second-order valence-electron chi connectivity index (χ2n) is 6.48. The van der Waals surface area contributed by atoms with Gasteiger partial charge >= 0.3 is 0 Å². The van der Waals surface area contributed by atoms with E-state index in [0.717, 1.165) is 37.6 Å². The first-order chi connectivity index (χ1) is 9.99. The molecule has 1 N–H and O–H groups in total. The van der Waals surface area contributed by atoms with Crippen molar-refractivity contribution in [2.24, 2.45) is 0 Å². The molecule has 1 aliphatic rings. The predicted molar refractivity (Wildman–Crippen MR) is 85.6 cm³/mol. The third kappa shape index (κ3) is 5.27. The lowest BCUT2D eigenvalue weighted by atomic mass is 9.95. The van der Waals surface area contributed by atoms with Gasteiger partial charge in [0.25, 0.3) is 0 Å². The van der Waals surface area contributed by atoms with Gasteiger partial charge in [0, 0.05) is 17.4 Å². The van der Waals surface area contributed by atoms with Crippen molar-refractivity contribution in [2.75, 3.05) is 19.8 Å². The van der Waals surface area contributed by atoms with Crippen molar-refractivity contribution in [3.63, 3.8) is 0 Å². The third-order valence-electron chi connectivity index (χ3n) is 3.45. The maximum absolute atomic E-state index is 5.60. The molecule has 0 aromatic carbocycles. The summed E-state index contributed by atoms with van der Waals surface area (Å²) in [6, 6.07) is 0.377. The summed E-state index contributed by atoms with van der Waals surface area (Å²) >= 11 is 1.83. The molecule has 0 aliphatic carbocycles. The molecule has 2 heterocycles. The van der Waals surface area contributed by atoms with Crippen LogP contribution in [0.3, 0.4) is 0 Å². The standard InChI is InChI=1S/C15H27N3O2S/c1-5-7-16-12-6-8-19-9-11(12)14-17-13(18-20-14)10-21-15(2,3)4/h11-12,16H,5-10H2,1-4H3. The summed E-state index contributed by atoms with van der Waals surface area (Å²) in [5.41, 5.74) is 0. The van der Waals surface area contributed by atoms with Gasteiger partial charge in [-0.1, -0.05) is 32.9 Å². The van der Waals surface area contributed by atoms with E-state index in [1.807, 2.05) is 11.8 Å². The maximum Gasteiger partial charge on any atom is 0.233 e. The number of nitrogens with one attached hydrogen (secondary N) is 1. The van der Waals surface area contributed by atoms with Gasteiger partial charge in [-0.2, -0.15) is 4.98 Å². The molecule has 1 saturated heterocycles. The molecule has 120 valence electrons. The van der Waals surface area contributed by atoms with Crippen LogP contribution in [0.5, 0.6) is 0 Å². The summed E-state index contributed by atoms with van der Waals surface area (Å²) in [6.07, 6.45) is 2.13. The second-order valence-corrected chi connectivity index (χ2v) is 8.28. The third-order valence-corrected chi connectivity index (χ3v) is 4.72. The van der Waals surface area contributed by atoms with E-state index in [4.69, 9.17) is 9.26 Å². The average molecular weight is 313 g/mol. The van der Waals surface area contributed by atoms with Crippen LogP contribution in [0.2, 0.25) is 0 Å². The zero-order chi connectivity index (χ0) is 15.3. The van der Waals surface area contributed by atoms with E-state index in [1.54, 1.807) is 0 Å². The van der Waals surface area contributed by atoms with Gasteiger partial charge in [0.1, 0.15) is 0 Å². The highest BCUT2D eigenvalue weighted by atomic mass is 32.2. The Morgan fingerprint density at radius 1 is 1.38 bits per heavy atom. The summed E-state index contributed by atoms with van der Waals surface area (Å²) in [5.74, 6) is 2.46. The molecule has 2 atom stereocenters. The number of ether oxygens (including phenoxy) is 1. The summed E-state index contributed by atoms with van der Waals surface area (Å²) in [7, 11) is 0. The fourth-order valence-electron chi connectivity index (χ4n) is 2.31. The van der Waals surface area contributed by atoms with Gasteiger partial charge in [0.15, 0.2) is 5.82 Å². The normalized spacial score (nSPS) is 23.4. The van der Waals surface area contributed by atoms with E-state index >= 15 is 0 Å². The molecule has 6 heteroatoms. The summed E-state index contributed by atoms with van der Waals surface area (Å²) in [4.78, 5) is 4.58. The number of thioether (sulfide) groups is 1. The predicted octanol–water partition coefficient (Wildman–Crippen LogP) is 2.97. The average Bonchev–Trinajstić information content (AvgIpc) is 2.91. The number of rotatable bonds is 6. The van der Waals surface area contributed by atoms with Crippen LogP contribution in [0.1, 0.15) is 58.2 Å². The van der Waals surface area contributed by atoms with E-state index in [1.165, 1.54) is 0 Å². The van der Waals surface area contributed by atoms with Crippen LogP contribution in [0.25, 0.3) is 0 Å². The lowest BCUT2D eigenvalue weighted by Crippen LogP contribution is -2.41. The lowest BCUT2D eigenvalue weighted by molar-refractivity contribution is 0.0498. The molecule has 0 spiro atoms. The molecule has 5 nitrogen and oxygen atoms in total. The smallest absolute Gasteiger partial charge is 0.233 e. The molecule has 1 aromatic rings. The minimum atomic E-state index is 0.172. The van der Waals surface area contributed by atoms with Gasteiger partial charge in [0.2, 0.25) is 5.89 Å². The minimum Gasteiger partial charge on any atom is -0.381 e. The van der Waals surface area contributed by atoms with E-state index in [9.17, 15) is 0 Å². The molecule has 0 saturated carbocycles. The van der Waals surface area contributed by atoms with Crippen molar-refractivity contribution < 1.29 is 9.26 Å². The van der Waals surface area contributed by atoms with Crippen LogP contribution in [-0.2, 0) is 10.5 Å². The van der Waals surface area contributed by atoms with Gasteiger partial charge in [-0.15, -0.1) is 11.8 Å². The van der Waals surface area contributed by atoms with E-state index in [-0.39, 0.29) is 10.7 Å². The van der Waals surface area contributed by atoms with Crippen LogP contribution in [-0.4, -0.2) is 40.7 Å². The molecular formula is C15H27N3O2S. The lowest BCUT2D eigenvalue weighted by Gasteiger charge is -2.29. The van der Waals surface area contributed by atoms with Crippen LogP contribution < -0.4 is 5.32 Å². The van der Waals surface area contributed by atoms with Gasteiger partial charge in [0.05, 0.1) is 18.3 Å². The summed E-state index contributed by atoms with van der Waals surface area (Å²) in [6.45, 7) is 11.2. The quantitative estimate of drug-likeness (QED) is 0.871. The SMILES string of the molecule is CCCNC1CCOCC1c1nc(CSC(C)(C)C)no1. The molecule has 0 radical (unpaired) electrons. The Kier molecular flexibility index (Phi) is 6.08. The molecule has 2 rings (SSSR count).